The molecule has 33 heavy (non-hydrogen) atoms. The number of rotatable bonds is 8. The fourth-order valence-corrected chi connectivity index (χ4v) is 3.95. The van der Waals surface area contributed by atoms with Crippen LogP contribution in [0.3, 0.4) is 0 Å². The van der Waals surface area contributed by atoms with Gasteiger partial charge in [0, 0.05) is 23.9 Å². The molecule has 0 aliphatic carbocycles. The zero-order chi connectivity index (χ0) is 24.3. The van der Waals surface area contributed by atoms with Crippen molar-refractivity contribution in [1.82, 2.24) is 9.47 Å². The van der Waals surface area contributed by atoms with Gasteiger partial charge in [0.15, 0.2) is 5.78 Å². The van der Waals surface area contributed by atoms with E-state index in [0.29, 0.717) is 39.6 Å². The van der Waals surface area contributed by atoms with Gasteiger partial charge in [-0.2, -0.15) is 0 Å². The van der Waals surface area contributed by atoms with Gasteiger partial charge in [-0.1, -0.05) is 6.07 Å². The van der Waals surface area contributed by atoms with Gasteiger partial charge in [-0.15, -0.1) is 0 Å². The highest BCUT2D eigenvalue weighted by Gasteiger charge is 2.33. The average molecular weight is 453 g/mol. The van der Waals surface area contributed by atoms with Crippen molar-refractivity contribution >= 4 is 17.7 Å². The Morgan fingerprint density at radius 3 is 2.45 bits per heavy atom. The van der Waals surface area contributed by atoms with Crippen molar-refractivity contribution in [2.45, 2.75) is 33.4 Å². The Morgan fingerprint density at radius 1 is 1.12 bits per heavy atom. The maximum absolute atomic E-state index is 13.7. The van der Waals surface area contributed by atoms with Gasteiger partial charge < -0.3 is 23.4 Å². The number of furan rings is 1. The molecule has 174 valence electrons. The molecular weight excluding hydrogens is 424 g/mol. The molecule has 8 nitrogen and oxygen atoms in total. The molecule has 1 aromatic carbocycles. The standard InChI is InChI=1S/C25H28N2O6/c1-15-21(16(2)26(4)22(15)25(30)32-6)23(28)17(3)27(14-20-11-8-12-33-20)24(29)18-9-7-10-19(13-18)31-5/h7-13,17H,14H2,1-6H3. The first-order valence-electron chi connectivity index (χ1n) is 10.5. The first kappa shape index (κ1) is 23.8. The predicted octanol–water partition coefficient (Wildman–Crippen LogP) is 3.94. The van der Waals surface area contributed by atoms with E-state index in [9.17, 15) is 14.4 Å². The Labute approximate surface area is 192 Å². The van der Waals surface area contributed by atoms with Crippen molar-refractivity contribution in [1.29, 1.82) is 0 Å². The van der Waals surface area contributed by atoms with Crippen LogP contribution >= 0.6 is 0 Å². The van der Waals surface area contributed by atoms with Crippen molar-refractivity contribution in [3.8, 4) is 5.75 Å². The summed E-state index contributed by atoms with van der Waals surface area (Å²) >= 11 is 0. The Bertz CT molecular complexity index is 1180. The summed E-state index contributed by atoms with van der Waals surface area (Å²) in [5, 5.41) is 0. The van der Waals surface area contributed by atoms with Crippen LogP contribution in [0.1, 0.15) is 55.1 Å². The molecule has 0 spiro atoms. The third-order valence-electron chi connectivity index (χ3n) is 5.89. The smallest absolute Gasteiger partial charge is 0.354 e. The minimum absolute atomic E-state index is 0.102. The fraction of sp³-hybridized carbons (Fsp3) is 0.320. The van der Waals surface area contributed by atoms with Crippen LogP contribution in [-0.4, -0.2) is 47.4 Å². The Morgan fingerprint density at radius 2 is 1.85 bits per heavy atom. The van der Waals surface area contributed by atoms with Gasteiger partial charge in [-0.3, -0.25) is 9.59 Å². The summed E-state index contributed by atoms with van der Waals surface area (Å²) in [5.41, 5.74) is 2.23. The van der Waals surface area contributed by atoms with E-state index in [1.165, 1.54) is 25.4 Å². The summed E-state index contributed by atoms with van der Waals surface area (Å²) < 4.78 is 17.2. The van der Waals surface area contributed by atoms with Crippen molar-refractivity contribution in [2.75, 3.05) is 14.2 Å². The quantitative estimate of drug-likeness (QED) is 0.380. The number of esters is 1. The number of carbonyl (C=O) groups is 3. The van der Waals surface area contributed by atoms with Crippen LogP contribution < -0.4 is 4.74 Å². The minimum atomic E-state index is -0.834. The minimum Gasteiger partial charge on any atom is -0.497 e. The highest BCUT2D eigenvalue weighted by atomic mass is 16.5. The number of aromatic nitrogens is 1. The van der Waals surface area contributed by atoms with Gasteiger partial charge in [-0.05, 0) is 56.7 Å². The Balaban J connectivity index is 2.03. The van der Waals surface area contributed by atoms with Gasteiger partial charge in [0.05, 0.1) is 33.1 Å². The van der Waals surface area contributed by atoms with Gasteiger partial charge in [-0.25, -0.2) is 4.79 Å². The summed E-state index contributed by atoms with van der Waals surface area (Å²) in [6.45, 7) is 5.25. The lowest BCUT2D eigenvalue weighted by molar-refractivity contribution is 0.0586. The fourth-order valence-electron chi connectivity index (χ4n) is 3.95. The SMILES string of the molecule is COC(=O)c1c(C)c(C(=O)C(C)N(Cc2ccco2)C(=O)c2cccc(OC)c2)c(C)n1C. The van der Waals surface area contributed by atoms with E-state index < -0.39 is 12.0 Å². The zero-order valence-corrected chi connectivity index (χ0v) is 19.7. The molecule has 1 unspecified atom stereocenters. The lowest BCUT2D eigenvalue weighted by Gasteiger charge is -2.28. The van der Waals surface area contributed by atoms with Crippen molar-refractivity contribution in [3.63, 3.8) is 0 Å². The number of benzene rings is 1. The second-order valence-electron chi connectivity index (χ2n) is 7.77. The lowest BCUT2D eigenvalue weighted by Crippen LogP contribution is -2.43. The molecule has 3 rings (SSSR count). The molecule has 1 amide bonds. The van der Waals surface area contributed by atoms with E-state index in [0.717, 1.165) is 0 Å². The van der Waals surface area contributed by atoms with E-state index in [2.05, 4.69) is 0 Å². The number of carbonyl (C=O) groups excluding carboxylic acids is 3. The van der Waals surface area contributed by atoms with E-state index in [1.807, 2.05) is 0 Å². The van der Waals surface area contributed by atoms with E-state index in [1.54, 1.807) is 68.8 Å². The average Bonchev–Trinajstić information content (AvgIpc) is 3.41. The molecule has 2 aromatic heterocycles. The van der Waals surface area contributed by atoms with Crippen LogP contribution in [0.5, 0.6) is 5.75 Å². The third-order valence-corrected chi connectivity index (χ3v) is 5.89. The predicted molar refractivity (Wildman–Crippen MR) is 122 cm³/mol. The van der Waals surface area contributed by atoms with Crippen molar-refractivity contribution < 1.29 is 28.3 Å². The molecule has 8 heteroatoms. The highest BCUT2D eigenvalue weighted by molar-refractivity contribution is 6.07. The van der Waals surface area contributed by atoms with Crippen LogP contribution in [0.25, 0.3) is 0 Å². The number of ketones is 1. The van der Waals surface area contributed by atoms with Gasteiger partial charge >= 0.3 is 5.97 Å². The van der Waals surface area contributed by atoms with Crippen LogP contribution in [0, 0.1) is 13.8 Å². The second-order valence-corrected chi connectivity index (χ2v) is 7.77. The molecule has 0 fully saturated rings. The largest absolute Gasteiger partial charge is 0.497 e. The molecule has 0 saturated heterocycles. The molecule has 3 aromatic rings. The van der Waals surface area contributed by atoms with Crippen LogP contribution in [0.15, 0.2) is 47.1 Å². The number of hydrogen-bond acceptors (Lipinski definition) is 6. The number of ether oxygens (including phenoxy) is 2. The lowest BCUT2D eigenvalue weighted by atomic mass is 9.99. The molecule has 0 radical (unpaired) electrons. The number of methoxy groups -OCH3 is 2. The zero-order valence-electron chi connectivity index (χ0n) is 19.7. The second kappa shape index (κ2) is 9.77. The van der Waals surface area contributed by atoms with Gasteiger partial charge in [0.25, 0.3) is 5.91 Å². The molecule has 2 heterocycles. The Kier molecular flexibility index (Phi) is 7.06. The Hall–Kier alpha value is -3.81. The van der Waals surface area contributed by atoms with Crippen molar-refractivity contribution in [3.05, 3.63) is 76.5 Å². The van der Waals surface area contributed by atoms with Gasteiger partial charge in [0.1, 0.15) is 17.2 Å². The normalized spacial score (nSPS) is 11.7. The maximum Gasteiger partial charge on any atom is 0.354 e. The molecule has 0 bridgehead atoms. The maximum atomic E-state index is 13.7. The van der Waals surface area contributed by atoms with Crippen molar-refractivity contribution in [2.24, 2.45) is 7.05 Å². The van der Waals surface area contributed by atoms with Gasteiger partial charge in [0.2, 0.25) is 0 Å². The summed E-state index contributed by atoms with van der Waals surface area (Å²) in [7, 11) is 4.53. The molecule has 0 N–H and O–H groups in total. The molecular formula is C25H28N2O6. The monoisotopic (exact) mass is 452 g/mol. The molecule has 1 atom stereocenters. The first-order chi connectivity index (χ1) is 15.7. The van der Waals surface area contributed by atoms with E-state index in [-0.39, 0.29) is 18.2 Å². The summed E-state index contributed by atoms with van der Waals surface area (Å²) in [4.78, 5) is 40.9. The van der Waals surface area contributed by atoms with Crippen LogP contribution in [0.2, 0.25) is 0 Å². The highest BCUT2D eigenvalue weighted by Crippen LogP contribution is 2.26. The molecule has 0 aliphatic rings. The first-order valence-corrected chi connectivity index (χ1v) is 10.5. The topological polar surface area (TPSA) is 91.0 Å². The van der Waals surface area contributed by atoms with Crippen LogP contribution in [0.4, 0.5) is 0 Å². The third kappa shape index (κ3) is 4.55. The summed E-state index contributed by atoms with van der Waals surface area (Å²) in [5.74, 6) is -0.0632. The number of amides is 1. The molecule has 0 aliphatic heterocycles. The van der Waals surface area contributed by atoms with E-state index in [4.69, 9.17) is 13.9 Å². The van der Waals surface area contributed by atoms with E-state index >= 15 is 0 Å². The summed E-state index contributed by atoms with van der Waals surface area (Å²) in [6.07, 6.45) is 1.52. The molecule has 0 saturated carbocycles. The number of Topliss-reactive ketones (excluding diaryl/α,β-unsaturated/α-hetero) is 1. The summed E-state index contributed by atoms with van der Waals surface area (Å²) in [6, 6.07) is 9.40. The number of nitrogens with zero attached hydrogens (tertiary/aromatic N) is 2. The number of hydrogen-bond donors (Lipinski definition) is 0. The van der Waals surface area contributed by atoms with Crippen LogP contribution in [-0.2, 0) is 18.3 Å².